The summed E-state index contributed by atoms with van der Waals surface area (Å²) in [5.74, 6) is 0.785. The van der Waals surface area contributed by atoms with Crippen LogP contribution in [0.4, 0.5) is 11.4 Å². The summed E-state index contributed by atoms with van der Waals surface area (Å²) in [6.07, 6.45) is 7.91. The van der Waals surface area contributed by atoms with Crippen LogP contribution in [0.15, 0.2) is 84.9 Å². The number of hydrogen-bond acceptors (Lipinski definition) is 4. The van der Waals surface area contributed by atoms with Crippen LogP contribution in [0, 0.1) is 11.3 Å². The molecule has 4 rings (SSSR count). The summed E-state index contributed by atoms with van der Waals surface area (Å²) in [6, 6.07) is 26.6. The molecule has 0 aliphatic carbocycles. The van der Waals surface area contributed by atoms with Crippen molar-refractivity contribution < 1.29 is 0 Å². The van der Waals surface area contributed by atoms with E-state index in [9.17, 15) is 0 Å². The molecule has 0 spiro atoms. The van der Waals surface area contributed by atoms with Gasteiger partial charge in [-0.1, -0.05) is 54.6 Å². The van der Waals surface area contributed by atoms with Crippen molar-refractivity contribution in [2.45, 2.75) is 0 Å². The number of benzene rings is 3. The first-order valence-electron chi connectivity index (χ1n) is 11.4. The van der Waals surface area contributed by atoms with Gasteiger partial charge < -0.3 is 14.8 Å². The van der Waals surface area contributed by atoms with E-state index in [2.05, 4.69) is 69.4 Å². The van der Waals surface area contributed by atoms with Gasteiger partial charge in [-0.05, 0) is 48.0 Å². The van der Waals surface area contributed by atoms with E-state index in [-0.39, 0.29) is 0 Å². The Balaban J connectivity index is 1.65. The Bertz CT molecular complexity index is 1300. The molecule has 174 valence electrons. The van der Waals surface area contributed by atoms with Gasteiger partial charge in [-0.15, -0.1) is 0 Å². The zero-order valence-electron chi connectivity index (χ0n) is 20.5. The molecule has 0 fully saturated rings. The highest BCUT2D eigenvalue weighted by Crippen LogP contribution is 2.32. The van der Waals surface area contributed by atoms with Gasteiger partial charge in [0.05, 0.1) is 23.0 Å². The van der Waals surface area contributed by atoms with Gasteiger partial charge in [0.2, 0.25) is 0 Å². The Labute approximate surface area is 207 Å². The van der Waals surface area contributed by atoms with Gasteiger partial charge in [-0.25, -0.2) is 4.98 Å². The van der Waals surface area contributed by atoms with Crippen molar-refractivity contribution >= 4 is 23.5 Å². The van der Waals surface area contributed by atoms with Crippen LogP contribution >= 0.6 is 0 Å². The molecule has 5 nitrogen and oxygen atoms in total. The lowest BCUT2D eigenvalue weighted by Crippen LogP contribution is -2.08. The minimum absolute atomic E-state index is 0.658. The molecule has 0 saturated heterocycles. The standard InChI is InChI=1S/C30H29N5/c1-34(2)26-17-13-24(14-18-26)29-30(25-15-19-27(20-16-25)35(3)4)33-28(32-29)8-6-5-7-22-9-11-23(21-31)12-10-22/h5-20H,1-4H3,(H,32,33)/b7-5+,8-6+. The van der Waals surface area contributed by atoms with Gasteiger partial charge in [-0.2, -0.15) is 5.26 Å². The largest absolute Gasteiger partial charge is 0.378 e. The summed E-state index contributed by atoms with van der Waals surface area (Å²) in [6.45, 7) is 0. The van der Waals surface area contributed by atoms with E-state index >= 15 is 0 Å². The fraction of sp³-hybridized carbons (Fsp3) is 0.133. The molecule has 35 heavy (non-hydrogen) atoms. The Morgan fingerprint density at radius 1 is 0.714 bits per heavy atom. The lowest BCUT2D eigenvalue weighted by Gasteiger charge is -2.13. The van der Waals surface area contributed by atoms with Crippen molar-refractivity contribution in [1.82, 2.24) is 9.97 Å². The number of nitrogens with one attached hydrogen (secondary N) is 1. The molecule has 3 aromatic carbocycles. The van der Waals surface area contributed by atoms with Crippen molar-refractivity contribution in [3.63, 3.8) is 0 Å². The highest BCUT2D eigenvalue weighted by Gasteiger charge is 2.14. The molecule has 5 heteroatoms. The molecule has 4 aromatic rings. The summed E-state index contributed by atoms with van der Waals surface area (Å²) in [7, 11) is 8.15. The zero-order valence-corrected chi connectivity index (χ0v) is 20.5. The van der Waals surface area contributed by atoms with Crippen LogP contribution in [0.25, 0.3) is 34.7 Å². The number of H-pyrrole nitrogens is 1. The molecule has 0 unspecified atom stereocenters. The highest BCUT2D eigenvalue weighted by atomic mass is 15.1. The molecule has 1 N–H and O–H groups in total. The van der Waals surface area contributed by atoms with E-state index in [0.29, 0.717) is 5.56 Å². The van der Waals surface area contributed by atoms with E-state index in [1.54, 1.807) is 0 Å². The molecule has 0 saturated carbocycles. The number of allylic oxidation sites excluding steroid dienone is 2. The number of hydrogen-bond donors (Lipinski definition) is 1. The summed E-state index contributed by atoms with van der Waals surface area (Å²) in [5.41, 5.74) is 8.05. The van der Waals surface area contributed by atoms with Crippen molar-refractivity contribution in [1.29, 1.82) is 5.26 Å². The molecule has 0 radical (unpaired) electrons. The average Bonchev–Trinajstić information content (AvgIpc) is 3.31. The molecular formula is C30H29N5. The van der Waals surface area contributed by atoms with Crippen molar-refractivity contribution in [3.05, 3.63) is 102 Å². The number of aromatic nitrogens is 2. The maximum atomic E-state index is 8.94. The summed E-state index contributed by atoms with van der Waals surface area (Å²) < 4.78 is 0. The van der Waals surface area contributed by atoms with Crippen LogP contribution in [0.5, 0.6) is 0 Å². The van der Waals surface area contributed by atoms with E-state index in [1.807, 2.05) is 76.8 Å². The van der Waals surface area contributed by atoms with E-state index in [0.717, 1.165) is 45.3 Å². The maximum absolute atomic E-state index is 8.94. The van der Waals surface area contributed by atoms with Gasteiger partial charge in [0.1, 0.15) is 5.82 Å². The van der Waals surface area contributed by atoms with Crippen molar-refractivity contribution in [3.8, 4) is 28.6 Å². The maximum Gasteiger partial charge on any atom is 0.131 e. The van der Waals surface area contributed by atoms with Crippen LogP contribution in [0.3, 0.4) is 0 Å². The van der Waals surface area contributed by atoms with Crippen molar-refractivity contribution in [2.75, 3.05) is 38.0 Å². The fourth-order valence-corrected chi connectivity index (χ4v) is 3.71. The first-order valence-corrected chi connectivity index (χ1v) is 11.4. The van der Waals surface area contributed by atoms with Crippen LogP contribution in [-0.4, -0.2) is 38.2 Å². The molecule has 0 bridgehead atoms. The van der Waals surface area contributed by atoms with E-state index < -0.39 is 0 Å². The SMILES string of the molecule is CN(C)c1ccc(-c2nc(/C=C/C=C/c3ccc(C#N)cc3)[nH]c2-c2ccc(N(C)C)cc2)cc1. The topological polar surface area (TPSA) is 59.0 Å². The van der Waals surface area contributed by atoms with Gasteiger partial charge in [-0.3, -0.25) is 0 Å². The Hall–Kier alpha value is -4.56. The quantitative estimate of drug-likeness (QED) is 0.322. The number of anilines is 2. The third-order valence-corrected chi connectivity index (χ3v) is 5.75. The molecule has 0 amide bonds. The number of nitrogens with zero attached hydrogens (tertiary/aromatic N) is 4. The second-order valence-electron chi connectivity index (χ2n) is 8.68. The fourth-order valence-electron chi connectivity index (χ4n) is 3.71. The molecule has 0 atom stereocenters. The number of rotatable bonds is 7. The van der Waals surface area contributed by atoms with Crippen molar-refractivity contribution in [2.24, 2.45) is 0 Å². The lowest BCUT2D eigenvalue weighted by atomic mass is 10.0. The highest BCUT2D eigenvalue weighted by molar-refractivity contribution is 5.81. The third kappa shape index (κ3) is 5.69. The number of aromatic amines is 1. The molecular weight excluding hydrogens is 430 g/mol. The monoisotopic (exact) mass is 459 g/mol. The van der Waals surface area contributed by atoms with Gasteiger partial charge in [0.25, 0.3) is 0 Å². The second-order valence-corrected chi connectivity index (χ2v) is 8.68. The second kappa shape index (κ2) is 10.6. The summed E-state index contributed by atoms with van der Waals surface area (Å²) >= 11 is 0. The minimum Gasteiger partial charge on any atom is -0.378 e. The zero-order chi connectivity index (χ0) is 24.8. The lowest BCUT2D eigenvalue weighted by molar-refractivity contribution is 1.13. The summed E-state index contributed by atoms with van der Waals surface area (Å²) in [4.78, 5) is 12.6. The smallest absolute Gasteiger partial charge is 0.131 e. The van der Waals surface area contributed by atoms with Crippen LogP contribution in [-0.2, 0) is 0 Å². The predicted octanol–water partition coefficient (Wildman–Crippen LogP) is 6.47. The molecule has 0 aliphatic heterocycles. The third-order valence-electron chi connectivity index (χ3n) is 5.75. The Morgan fingerprint density at radius 2 is 1.26 bits per heavy atom. The minimum atomic E-state index is 0.658. The molecule has 1 heterocycles. The number of nitriles is 1. The number of imidazole rings is 1. The van der Waals surface area contributed by atoms with Gasteiger partial charge in [0.15, 0.2) is 0 Å². The van der Waals surface area contributed by atoms with E-state index in [1.165, 1.54) is 0 Å². The van der Waals surface area contributed by atoms with E-state index in [4.69, 9.17) is 10.2 Å². The van der Waals surface area contributed by atoms with Gasteiger partial charge >= 0.3 is 0 Å². The first-order chi connectivity index (χ1) is 16.9. The Kier molecular flexibility index (Phi) is 7.13. The van der Waals surface area contributed by atoms with Crippen LogP contribution in [0.2, 0.25) is 0 Å². The normalized spacial score (nSPS) is 11.2. The van der Waals surface area contributed by atoms with Crippen LogP contribution in [0.1, 0.15) is 17.0 Å². The average molecular weight is 460 g/mol. The molecule has 0 aliphatic rings. The molecule has 1 aromatic heterocycles. The first kappa shape index (κ1) is 23.6. The van der Waals surface area contributed by atoms with Crippen LogP contribution < -0.4 is 9.80 Å². The predicted molar refractivity (Wildman–Crippen MR) is 147 cm³/mol. The van der Waals surface area contributed by atoms with Gasteiger partial charge in [0, 0.05) is 50.7 Å². The summed E-state index contributed by atoms with van der Waals surface area (Å²) in [5, 5.41) is 8.94. The Morgan fingerprint density at radius 3 is 1.80 bits per heavy atom.